The van der Waals surface area contributed by atoms with Gasteiger partial charge in [0.15, 0.2) is 11.5 Å². The maximum Gasteiger partial charge on any atom is 0.303 e. The molecule has 0 radical (unpaired) electrons. The lowest BCUT2D eigenvalue weighted by Crippen LogP contribution is -2.29. The molecule has 0 spiro atoms. The fraction of sp³-hybridized carbons (Fsp3) is 0.267. The van der Waals surface area contributed by atoms with Crippen LogP contribution in [0.3, 0.4) is 0 Å². The number of hydrogen-bond acceptors (Lipinski definition) is 4. The van der Waals surface area contributed by atoms with Gasteiger partial charge in [-0.25, -0.2) is 0 Å². The molecule has 2 rings (SSSR count). The van der Waals surface area contributed by atoms with E-state index in [1.807, 2.05) is 0 Å². The second-order valence-corrected chi connectivity index (χ2v) is 5.44. The molecule has 0 fully saturated rings. The number of rotatable bonds is 6. The quantitative estimate of drug-likeness (QED) is 0.853. The van der Waals surface area contributed by atoms with Gasteiger partial charge in [0.25, 0.3) is 5.91 Å². The van der Waals surface area contributed by atoms with E-state index in [2.05, 4.69) is 10.5 Å². The molecule has 0 aliphatic heterocycles. The van der Waals surface area contributed by atoms with Crippen LogP contribution in [0.15, 0.2) is 34.9 Å². The smallest absolute Gasteiger partial charge is 0.303 e. The van der Waals surface area contributed by atoms with Gasteiger partial charge >= 0.3 is 5.97 Å². The van der Waals surface area contributed by atoms with Crippen molar-refractivity contribution in [3.63, 3.8) is 0 Å². The summed E-state index contributed by atoms with van der Waals surface area (Å²) < 4.78 is 5.13. The molecule has 6 nitrogen and oxygen atoms in total. The van der Waals surface area contributed by atoms with Crippen LogP contribution in [0.25, 0.3) is 11.3 Å². The molecule has 0 aliphatic carbocycles. The first-order valence-corrected chi connectivity index (χ1v) is 7.06. The van der Waals surface area contributed by atoms with Crippen molar-refractivity contribution >= 4 is 23.5 Å². The van der Waals surface area contributed by atoms with E-state index in [1.54, 1.807) is 31.2 Å². The number of hydrogen-bond donors (Lipinski definition) is 2. The molecular weight excluding hydrogens is 308 g/mol. The first-order chi connectivity index (χ1) is 10.5. The summed E-state index contributed by atoms with van der Waals surface area (Å²) in [5, 5.41) is 15.6. The van der Waals surface area contributed by atoms with Gasteiger partial charge in [-0.05, 0) is 18.1 Å². The molecule has 1 amide bonds. The highest BCUT2D eigenvalue weighted by atomic mass is 35.5. The van der Waals surface area contributed by atoms with Crippen molar-refractivity contribution in [3.8, 4) is 11.3 Å². The van der Waals surface area contributed by atoms with Crippen molar-refractivity contribution in [1.29, 1.82) is 0 Å². The fourth-order valence-electron chi connectivity index (χ4n) is 1.89. The zero-order chi connectivity index (χ0) is 16.1. The van der Waals surface area contributed by atoms with Gasteiger partial charge in [0, 0.05) is 29.6 Å². The van der Waals surface area contributed by atoms with Crippen molar-refractivity contribution in [2.45, 2.75) is 13.3 Å². The number of carbonyl (C=O) groups excluding carboxylic acids is 1. The Labute approximate surface area is 132 Å². The van der Waals surface area contributed by atoms with Gasteiger partial charge in [-0.1, -0.05) is 35.8 Å². The predicted octanol–water partition coefficient (Wildman–Crippen LogP) is 2.84. The summed E-state index contributed by atoms with van der Waals surface area (Å²) in [6, 6.07) is 8.52. The summed E-state index contributed by atoms with van der Waals surface area (Å²) in [4.78, 5) is 22.5. The Morgan fingerprint density at radius 2 is 2.18 bits per heavy atom. The lowest BCUT2D eigenvalue weighted by Gasteiger charge is -2.08. The second kappa shape index (κ2) is 7.09. The number of carbonyl (C=O) groups is 2. The molecule has 0 bridgehead atoms. The summed E-state index contributed by atoms with van der Waals surface area (Å²) in [6.45, 7) is 2.00. The van der Waals surface area contributed by atoms with Crippen molar-refractivity contribution in [3.05, 3.63) is 41.0 Å². The summed E-state index contributed by atoms with van der Waals surface area (Å²) >= 11 is 5.90. The van der Waals surface area contributed by atoms with Crippen LogP contribution in [0.2, 0.25) is 5.02 Å². The molecule has 1 aromatic heterocycles. The largest absolute Gasteiger partial charge is 0.481 e. The highest BCUT2D eigenvalue weighted by Crippen LogP contribution is 2.23. The van der Waals surface area contributed by atoms with Gasteiger partial charge in [0.2, 0.25) is 0 Å². The highest BCUT2D eigenvalue weighted by molar-refractivity contribution is 6.30. The molecule has 2 aromatic rings. The number of carboxylic acid groups (broad SMARTS) is 1. The van der Waals surface area contributed by atoms with Crippen LogP contribution in [0.4, 0.5) is 0 Å². The molecule has 1 atom stereocenters. The molecule has 1 aromatic carbocycles. The summed E-state index contributed by atoms with van der Waals surface area (Å²) in [5.41, 5.74) is 0.857. The minimum absolute atomic E-state index is 0.00708. The van der Waals surface area contributed by atoms with E-state index in [-0.39, 0.29) is 24.6 Å². The third-order valence-corrected chi connectivity index (χ3v) is 3.22. The van der Waals surface area contributed by atoms with Crippen LogP contribution >= 0.6 is 11.6 Å². The lowest BCUT2D eigenvalue weighted by molar-refractivity contribution is -0.137. The molecule has 0 aliphatic rings. The van der Waals surface area contributed by atoms with E-state index in [9.17, 15) is 9.59 Å². The number of aromatic nitrogens is 1. The third kappa shape index (κ3) is 4.33. The molecule has 1 heterocycles. The zero-order valence-electron chi connectivity index (χ0n) is 11.9. The third-order valence-electron chi connectivity index (χ3n) is 2.99. The van der Waals surface area contributed by atoms with Crippen molar-refractivity contribution < 1.29 is 19.2 Å². The van der Waals surface area contributed by atoms with E-state index in [0.717, 1.165) is 5.56 Å². The number of halogens is 1. The molecule has 22 heavy (non-hydrogen) atoms. The van der Waals surface area contributed by atoms with Gasteiger partial charge in [-0.3, -0.25) is 9.59 Å². The number of nitrogens with one attached hydrogen (secondary N) is 1. The van der Waals surface area contributed by atoms with Crippen molar-refractivity contribution in [2.75, 3.05) is 6.54 Å². The van der Waals surface area contributed by atoms with Gasteiger partial charge in [0.1, 0.15) is 0 Å². The van der Waals surface area contributed by atoms with Crippen LogP contribution in [-0.2, 0) is 4.79 Å². The minimum Gasteiger partial charge on any atom is -0.481 e. The maximum atomic E-state index is 11.9. The SMILES string of the molecule is CC(CNC(=O)c1cc(-c2cccc(Cl)c2)on1)CC(=O)O. The Hall–Kier alpha value is -2.34. The molecule has 0 saturated carbocycles. The van der Waals surface area contributed by atoms with E-state index in [1.165, 1.54) is 6.07 Å². The van der Waals surface area contributed by atoms with E-state index in [0.29, 0.717) is 10.8 Å². The Morgan fingerprint density at radius 1 is 1.41 bits per heavy atom. The zero-order valence-corrected chi connectivity index (χ0v) is 12.6. The number of aliphatic carboxylic acids is 1. The van der Waals surface area contributed by atoms with Crippen LogP contribution in [-0.4, -0.2) is 28.7 Å². The average Bonchev–Trinajstić information content (AvgIpc) is 2.94. The summed E-state index contributed by atoms with van der Waals surface area (Å²) in [5.74, 6) is -1.03. The van der Waals surface area contributed by atoms with Crippen LogP contribution in [0.1, 0.15) is 23.8 Å². The average molecular weight is 323 g/mol. The van der Waals surface area contributed by atoms with Gasteiger partial charge < -0.3 is 14.9 Å². The molecule has 116 valence electrons. The fourth-order valence-corrected chi connectivity index (χ4v) is 2.08. The first-order valence-electron chi connectivity index (χ1n) is 6.68. The van der Waals surface area contributed by atoms with E-state index in [4.69, 9.17) is 21.2 Å². The Morgan fingerprint density at radius 3 is 2.86 bits per heavy atom. The first kappa shape index (κ1) is 16.0. The van der Waals surface area contributed by atoms with Crippen molar-refractivity contribution in [2.24, 2.45) is 5.92 Å². The number of amides is 1. The normalized spacial score (nSPS) is 11.9. The summed E-state index contributed by atoms with van der Waals surface area (Å²) in [7, 11) is 0. The standard InChI is InChI=1S/C15H15ClN2O4/c1-9(5-14(19)20)8-17-15(21)12-7-13(22-18-12)10-3-2-4-11(16)6-10/h2-4,6-7,9H,5,8H2,1H3,(H,17,21)(H,19,20). The number of benzene rings is 1. The highest BCUT2D eigenvalue weighted by Gasteiger charge is 2.15. The predicted molar refractivity (Wildman–Crippen MR) is 80.7 cm³/mol. The monoisotopic (exact) mass is 322 g/mol. The lowest BCUT2D eigenvalue weighted by atomic mass is 10.1. The van der Waals surface area contributed by atoms with Gasteiger partial charge in [-0.15, -0.1) is 0 Å². The Bertz CT molecular complexity index is 684. The molecular formula is C15H15ClN2O4. The maximum absolute atomic E-state index is 11.9. The minimum atomic E-state index is -0.897. The topological polar surface area (TPSA) is 92.4 Å². The van der Waals surface area contributed by atoms with Gasteiger partial charge in [-0.2, -0.15) is 0 Å². The molecule has 2 N–H and O–H groups in total. The van der Waals surface area contributed by atoms with E-state index >= 15 is 0 Å². The van der Waals surface area contributed by atoms with Crippen molar-refractivity contribution in [1.82, 2.24) is 10.5 Å². The van der Waals surface area contributed by atoms with Crippen LogP contribution < -0.4 is 5.32 Å². The summed E-state index contributed by atoms with van der Waals surface area (Å²) in [6.07, 6.45) is -0.00708. The number of carboxylic acids is 1. The molecule has 1 unspecified atom stereocenters. The molecule has 0 saturated heterocycles. The Kier molecular flexibility index (Phi) is 5.16. The molecule has 7 heteroatoms. The van der Waals surface area contributed by atoms with Crippen LogP contribution in [0, 0.1) is 5.92 Å². The van der Waals surface area contributed by atoms with Crippen LogP contribution in [0.5, 0.6) is 0 Å². The van der Waals surface area contributed by atoms with E-state index < -0.39 is 11.9 Å². The Balaban J connectivity index is 1.99. The van der Waals surface area contributed by atoms with Gasteiger partial charge in [0.05, 0.1) is 0 Å². The second-order valence-electron chi connectivity index (χ2n) is 5.00. The number of nitrogens with zero attached hydrogens (tertiary/aromatic N) is 1.